The van der Waals surface area contributed by atoms with E-state index in [2.05, 4.69) is 48.7 Å². The molecule has 1 N–H and O–H groups in total. The van der Waals surface area contributed by atoms with Crippen molar-refractivity contribution >= 4 is 11.6 Å². The van der Waals surface area contributed by atoms with Crippen LogP contribution in [0.1, 0.15) is 71.1 Å². The molecule has 0 fully saturated rings. The van der Waals surface area contributed by atoms with Crippen LogP contribution in [0.5, 0.6) is 0 Å². The fourth-order valence-corrected chi connectivity index (χ4v) is 2.65. The maximum atomic E-state index is 11.8. The third-order valence-corrected chi connectivity index (χ3v) is 4.11. The van der Waals surface area contributed by atoms with Gasteiger partial charge in [0.25, 0.3) is 0 Å². The van der Waals surface area contributed by atoms with Crippen molar-refractivity contribution in [3.05, 3.63) is 66.8 Å². The highest BCUT2D eigenvalue weighted by Crippen LogP contribution is 2.10. The standard InChI is InChI=1S/C24H35NO/c1-2-3-4-5-6-7-8-9-10-11-12-13-14-15-19-22-24(26)25-23-20-17-16-18-21-23/h3-4,6-7,9-10,16-18,20-21H,2,5,8,11-15,19,22H2,1H3,(H,25,26). The Balaban J connectivity index is 1.89. The van der Waals surface area contributed by atoms with E-state index in [1.165, 1.54) is 19.3 Å². The van der Waals surface area contributed by atoms with Crippen LogP contribution in [-0.2, 0) is 4.79 Å². The summed E-state index contributed by atoms with van der Waals surface area (Å²) in [6, 6.07) is 9.67. The van der Waals surface area contributed by atoms with E-state index in [1.807, 2.05) is 30.3 Å². The van der Waals surface area contributed by atoms with E-state index in [-0.39, 0.29) is 5.91 Å². The van der Waals surface area contributed by atoms with Gasteiger partial charge in [0.05, 0.1) is 0 Å². The van der Waals surface area contributed by atoms with Gasteiger partial charge in [0, 0.05) is 12.1 Å². The molecule has 1 amide bonds. The molecular weight excluding hydrogens is 318 g/mol. The minimum absolute atomic E-state index is 0.123. The van der Waals surface area contributed by atoms with Crippen LogP contribution in [0.15, 0.2) is 66.8 Å². The van der Waals surface area contributed by atoms with Crippen molar-refractivity contribution in [2.24, 2.45) is 0 Å². The molecule has 0 unspecified atom stereocenters. The van der Waals surface area contributed by atoms with Gasteiger partial charge in [0.15, 0.2) is 0 Å². The zero-order chi connectivity index (χ0) is 18.7. The van der Waals surface area contributed by atoms with Gasteiger partial charge >= 0.3 is 0 Å². The van der Waals surface area contributed by atoms with Crippen LogP contribution in [0.4, 0.5) is 5.69 Å². The molecular formula is C24H35NO. The predicted octanol–water partition coefficient (Wildman–Crippen LogP) is 7.21. The number of benzene rings is 1. The van der Waals surface area contributed by atoms with Crippen LogP contribution in [0.2, 0.25) is 0 Å². The minimum Gasteiger partial charge on any atom is -0.326 e. The van der Waals surface area contributed by atoms with E-state index in [9.17, 15) is 4.79 Å². The smallest absolute Gasteiger partial charge is 0.224 e. The molecule has 142 valence electrons. The summed E-state index contributed by atoms with van der Waals surface area (Å²) < 4.78 is 0. The molecule has 0 saturated heterocycles. The summed E-state index contributed by atoms with van der Waals surface area (Å²) in [5.74, 6) is 0.123. The Morgan fingerprint density at radius 1 is 0.808 bits per heavy atom. The van der Waals surface area contributed by atoms with Crippen molar-refractivity contribution < 1.29 is 4.79 Å². The maximum absolute atomic E-state index is 11.8. The first-order valence-corrected chi connectivity index (χ1v) is 10.1. The first-order valence-electron chi connectivity index (χ1n) is 10.1. The third-order valence-electron chi connectivity index (χ3n) is 4.11. The number of allylic oxidation sites excluding steroid dienone is 6. The lowest BCUT2D eigenvalue weighted by molar-refractivity contribution is -0.116. The SMILES string of the molecule is CCC=CCC=CCC=CCCCCCCCC(=O)Nc1ccccc1. The van der Waals surface area contributed by atoms with Gasteiger partial charge in [-0.2, -0.15) is 0 Å². The molecule has 0 aliphatic rings. The molecule has 0 atom stereocenters. The quantitative estimate of drug-likeness (QED) is 0.278. The Bertz CT molecular complexity index is 543. The van der Waals surface area contributed by atoms with E-state index in [0.717, 1.165) is 44.2 Å². The minimum atomic E-state index is 0.123. The second-order valence-corrected chi connectivity index (χ2v) is 6.51. The van der Waals surface area contributed by atoms with E-state index < -0.39 is 0 Å². The van der Waals surface area contributed by atoms with Gasteiger partial charge < -0.3 is 5.32 Å². The number of para-hydroxylation sites is 1. The third kappa shape index (κ3) is 13.2. The second-order valence-electron chi connectivity index (χ2n) is 6.51. The molecule has 0 aliphatic heterocycles. The molecule has 0 radical (unpaired) electrons. The number of nitrogens with one attached hydrogen (secondary N) is 1. The molecule has 2 nitrogen and oxygen atoms in total. The largest absolute Gasteiger partial charge is 0.326 e. The summed E-state index contributed by atoms with van der Waals surface area (Å²) in [6.45, 7) is 2.16. The zero-order valence-electron chi connectivity index (χ0n) is 16.3. The van der Waals surface area contributed by atoms with Gasteiger partial charge in [0.1, 0.15) is 0 Å². The normalized spacial score (nSPS) is 11.7. The van der Waals surface area contributed by atoms with Crippen LogP contribution in [-0.4, -0.2) is 5.91 Å². The first kappa shape index (κ1) is 22.0. The fraction of sp³-hybridized carbons (Fsp3) is 0.458. The molecule has 26 heavy (non-hydrogen) atoms. The van der Waals surface area contributed by atoms with Gasteiger partial charge in [-0.15, -0.1) is 0 Å². The average Bonchev–Trinajstić information content (AvgIpc) is 2.65. The topological polar surface area (TPSA) is 29.1 Å². The van der Waals surface area contributed by atoms with E-state index >= 15 is 0 Å². The van der Waals surface area contributed by atoms with Crippen LogP contribution in [0, 0.1) is 0 Å². The highest BCUT2D eigenvalue weighted by Gasteiger charge is 2.01. The highest BCUT2D eigenvalue weighted by molar-refractivity contribution is 5.90. The number of carbonyl (C=O) groups is 1. The van der Waals surface area contributed by atoms with Gasteiger partial charge in [-0.3, -0.25) is 4.79 Å². The summed E-state index contributed by atoms with van der Waals surface area (Å²) in [5, 5.41) is 2.93. The van der Waals surface area contributed by atoms with E-state index in [1.54, 1.807) is 0 Å². The van der Waals surface area contributed by atoms with Crippen LogP contribution >= 0.6 is 0 Å². The van der Waals surface area contributed by atoms with E-state index in [4.69, 9.17) is 0 Å². The highest BCUT2D eigenvalue weighted by atomic mass is 16.1. The molecule has 1 rings (SSSR count). The van der Waals surface area contributed by atoms with Crippen molar-refractivity contribution in [1.82, 2.24) is 0 Å². The molecule has 1 aromatic carbocycles. The van der Waals surface area contributed by atoms with Gasteiger partial charge in [-0.1, -0.05) is 80.8 Å². The second kappa shape index (κ2) is 16.4. The predicted molar refractivity (Wildman–Crippen MR) is 114 cm³/mol. The summed E-state index contributed by atoms with van der Waals surface area (Å²) >= 11 is 0. The van der Waals surface area contributed by atoms with Crippen molar-refractivity contribution in [1.29, 1.82) is 0 Å². The van der Waals surface area contributed by atoms with Crippen molar-refractivity contribution in [3.8, 4) is 0 Å². The first-order chi connectivity index (χ1) is 12.8. The monoisotopic (exact) mass is 353 g/mol. The molecule has 2 heteroatoms. The van der Waals surface area contributed by atoms with Gasteiger partial charge in [-0.05, 0) is 50.7 Å². The van der Waals surface area contributed by atoms with Crippen LogP contribution < -0.4 is 5.32 Å². The lowest BCUT2D eigenvalue weighted by atomic mass is 10.1. The number of hydrogen-bond donors (Lipinski definition) is 1. The lowest BCUT2D eigenvalue weighted by Crippen LogP contribution is -2.10. The number of anilines is 1. The Labute approximate surface area is 160 Å². The lowest BCUT2D eigenvalue weighted by Gasteiger charge is -2.04. The Morgan fingerprint density at radius 2 is 1.42 bits per heavy atom. The van der Waals surface area contributed by atoms with E-state index in [0.29, 0.717) is 6.42 Å². The average molecular weight is 354 g/mol. The van der Waals surface area contributed by atoms with Crippen molar-refractivity contribution in [2.45, 2.75) is 71.1 Å². The zero-order valence-corrected chi connectivity index (χ0v) is 16.3. The van der Waals surface area contributed by atoms with Gasteiger partial charge in [0.2, 0.25) is 5.91 Å². The molecule has 1 aromatic rings. The Morgan fingerprint density at radius 3 is 2.15 bits per heavy atom. The number of carbonyl (C=O) groups excluding carboxylic acids is 1. The molecule has 0 aromatic heterocycles. The molecule has 0 spiro atoms. The Kier molecular flexibility index (Phi) is 13.8. The summed E-state index contributed by atoms with van der Waals surface area (Å²) in [6.07, 6.45) is 24.2. The van der Waals surface area contributed by atoms with Gasteiger partial charge in [-0.25, -0.2) is 0 Å². The fourth-order valence-electron chi connectivity index (χ4n) is 2.65. The van der Waals surface area contributed by atoms with Crippen LogP contribution in [0.25, 0.3) is 0 Å². The van der Waals surface area contributed by atoms with Crippen molar-refractivity contribution in [3.63, 3.8) is 0 Å². The maximum Gasteiger partial charge on any atom is 0.224 e. The van der Waals surface area contributed by atoms with Crippen LogP contribution in [0.3, 0.4) is 0 Å². The molecule has 0 heterocycles. The number of unbranched alkanes of at least 4 members (excludes halogenated alkanes) is 5. The Hall–Kier alpha value is -2.09. The van der Waals surface area contributed by atoms with Crippen molar-refractivity contribution in [2.75, 3.05) is 5.32 Å². The molecule has 0 aliphatic carbocycles. The summed E-state index contributed by atoms with van der Waals surface area (Å²) in [7, 11) is 0. The summed E-state index contributed by atoms with van der Waals surface area (Å²) in [4.78, 5) is 11.8. The summed E-state index contributed by atoms with van der Waals surface area (Å²) in [5.41, 5.74) is 0.886. The molecule has 0 bridgehead atoms. The number of rotatable bonds is 14. The molecule has 0 saturated carbocycles. The number of hydrogen-bond acceptors (Lipinski definition) is 1. The number of amides is 1.